The maximum atomic E-state index is 12.6. The van der Waals surface area contributed by atoms with Crippen LogP contribution in [0.4, 0.5) is 11.4 Å². The molecule has 20 heavy (non-hydrogen) atoms. The second-order valence-electron chi connectivity index (χ2n) is 4.48. The molecule has 0 saturated carbocycles. The van der Waals surface area contributed by atoms with E-state index >= 15 is 0 Å². The molecule has 5 heteroatoms. The molecule has 0 aliphatic rings. The number of aryl methyl sites for hydroxylation is 1. The highest BCUT2D eigenvalue weighted by Gasteiger charge is 2.20. The van der Waals surface area contributed by atoms with Gasteiger partial charge in [0.2, 0.25) is 0 Å². The van der Waals surface area contributed by atoms with Crippen LogP contribution in [-0.2, 0) is 6.54 Å². The smallest absolute Gasteiger partial charge is 0.274 e. The van der Waals surface area contributed by atoms with E-state index < -0.39 is 0 Å². The maximum absolute atomic E-state index is 12.6. The Labute approximate surface area is 118 Å². The van der Waals surface area contributed by atoms with Crippen molar-refractivity contribution >= 4 is 17.3 Å². The zero-order chi connectivity index (χ0) is 14.7. The number of nitrogen functional groups attached to an aromatic ring is 1. The number of nitrogens with two attached hydrogens (primary N) is 1. The molecule has 0 atom stereocenters. The Kier molecular flexibility index (Phi) is 3.98. The summed E-state index contributed by atoms with van der Waals surface area (Å²) in [7, 11) is 3.31. The van der Waals surface area contributed by atoms with Gasteiger partial charge >= 0.3 is 0 Å². The van der Waals surface area contributed by atoms with Crippen molar-refractivity contribution in [2.75, 3.05) is 24.8 Å². The number of anilines is 2. The van der Waals surface area contributed by atoms with Gasteiger partial charge in [0, 0.05) is 19.8 Å². The lowest BCUT2D eigenvalue weighted by atomic mass is 10.2. The Morgan fingerprint density at radius 2 is 2.10 bits per heavy atom. The van der Waals surface area contributed by atoms with Gasteiger partial charge < -0.3 is 19.9 Å². The predicted molar refractivity (Wildman–Crippen MR) is 80.2 cm³/mol. The number of amides is 1. The van der Waals surface area contributed by atoms with Gasteiger partial charge in [0.25, 0.3) is 5.91 Å². The minimum Gasteiger partial charge on any atom is -0.495 e. The van der Waals surface area contributed by atoms with E-state index in [0.29, 0.717) is 23.7 Å². The summed E-state index contributed by atoms with van der Waals surface area (Å²) in [6.45, 7) is 2.66. The fourth-order valence-electron chi connectivity index (χ4n) is 2.16. The number of hydrogen-bond donors (Lipinski definition) is 1. The number of aromatic nitrogens is 1. The molecule has 0 radical (unpaired) electrons. The number of rotatable bonds is 4. The SMILES string of the molecule is CCn1cc(N)cc1C(=O)N(C)c1ccccc1OC. The van der Waals surface area contributed by atoms with Crippen LogP contribution in [0.3, 0.4) is 0 Å². The number of methoxy groups -OCH3 is 1. The van der Waals surface area contributed by atoms with Crippen molar-refractivity contribution in [2.24, 2.45) is 0 Å². The summed E-state index contributed by atoms with van der Waals surface area (Å²) in [5.74, 6) is 0.541. The number of benzene rings is 1. The lowest BCUT2D eigenvalue weighted by molar-refractivity contribution is 0.0983. The zero-order valence-corrected chi connectivity index (χ0v) is 12.0. The van der Waals surface area contributed by atoms with E-state index in [1.54, 1.807) is 31.3 Å². The number of hydrogen-bond acceptors (Lipinski definition) is 3. The zero-order valence-electron chi connectivity index (χ0n) is 12.0. The molecule has 0 unspecified atom stereocenters. The van der Waals surface area contributed by atoms with Crippen molar-refractivity contribution in [3.8, 4) is 5.75 Å². The maximum Gasteiger partial charge on any atom is 0.274 e. The van der Waals surface area contributed by atoms with Gasteiger partial charge in [-0.25, -0.2) is 0 Å². The first kappa shape index (κ1) is 14.0. The molecular weight excluding hydrogens is 254 g/mol. The average Bonchev–Trinajstić information content (AvgIpc) is 2.86. The Hall–Kier alpha value is -2.43. The largest absolute Gasteiger partial charge is 0.495 e. The summed E-state index contributed by atoms with van der Waals surface area (Å²) in [5, 5.41) is 0. The molecule has 1 amide bonds. The fraction of sp³-hybridized carbons (Fsp3) is 0.267. The molecule has 0 aliphatic heterocycles. The van der Waals surface area contributed by atoms with Gasteiger partial charge in [0.05, 0.1) is 18.5 Å². The van der Waals surface area contributed by atoms with Gasteiger partial charge in [-0.05, 0) is 25.1 Å². The lowest BCUT2D eigenvalue weighted by Crippen LogP contribution is -2.28. The molecule has 5 nitrogen and oxygen atoms in total. The van der Waals surface area contributed by atoms with Crippen LogP contribution in [-0.4, -0.2) is 24.6 Å². The first-order valence-corrected chi connectivity index (χ1v) is 6.45. The van der Waals surface area contributed by atoms with E-state index in [9.17, 15) is 4.79 Å². The van der Waals surface area contributed by atoms with Crippen molar-refractivity contribution in [2.45, 2.75) is 13.5 Å². The minimum atomic E-state index is -0.118. The molecule has 0 fully saturated rings. The van der Waals surface area contributed by atoms with Crippen LogP contribution in [0.5, 0.6) is 5.75 Å². The second-order valence-corrected chi connectivity index (χ2v) is 4.48. The number of nitrogens with zero attached hydrogens (tertiary/aromatic N) is 2. The van der Waals surface area contributed by atoms with Crippen LogP contribution < -0.4 is 15.4 Å². The van der Waals surface area contributed by atoms with Gasteiger partial charge in [-0.2, -0.15) is 0 Å². The lowest BCUT2D eigenvalue weighted by Gasteiger charge is -2.20. The number of carbonyl (C=O) groups excluding carboxylic acids is 1. The molecule has 0 saturated heterocycles. The fourth-order valence-corrected chi connectivity index (χ4v) is 2.16. The average molecular weight is 273 g/mol. The molecule has 1 aromatic carbocycles. The van der Waals surface area contributed by atoms with Gasteiger partial charge in [-0.3, -0.25) is 4.79 Å². The normalized spacial score (nSPS) is 10.3. The molecular formula is C15H19N3O2. The van der Waals surface area contributed by atoms with Crippen molar-refractivity contribution in [3.63, 3.8) is 0 Å². The van der Waals surface area contributed by atoms with Gasteiger partial charge in [0.15, 0.2) is 0 Å². The third kappa shape index (κ3) is 2.47. The molecule has 1 aromatic heterocycles. The van der Waals surface area contributed by atoms with E-state index in [0.717, 1.165) is 5.69 Å². The molecule has 2 aromatic rings. The molecule has 0 aliphatic carbocycles. The van der Waals surface area contributed by atoms with Crippen LogP contribution in [0.25, 0.3) is 0 Å². The summed E-state index contributed by atoms with van der Waals surface area (Å²) in [5.41, 5.74) is 7.65. The Balaban J connectivity index is 2.37. The molecule has 2 rings (SSSR count). The Morgan fingerprint density at radius 3 is 2.75 bits per heavy atom. The Morgan fingerprint density at radius 1 is 1.40 bits per heavy atom. The van der Waals surface area contributed by atoms with Crippen molar-refractivity contribution in [3.05, 3.63) is 42.2 Å². The quantitative estimate of drug-likeness (QED) is 0.930. The highest BCUT2D eigenvalue weighted by molar-refractivity contribution is 6.06. The number of ether oxygens (including phenoxy) is 1. The second kappa shape index (κ2) is 5.69. The first-order chi connectivity index (χ1) is 9.58. The third-order valence-electron chi connectivity index (χ3n) is 3.23. The Bertz CT molecular complexity index is 619. The monoisotopic (exact) mass is 273 g/mol. The van der Waals surface area contributed by atoms with E-state index in [4.69, 9.17) is 10.5 Å². The molecule has 0 spiro atoms. The third-order valence-corrected chi connectivity index (χ3v) is 3.23. The number of carbonyl (C=O) groups is 1. The van der Waals surface area contributed by atoms with Crippen molar-refractivity contribution in [1.82, 2.24) is 4.57 Å². The highest BCUT2D eigenvalue weighted by atomic mass is 16.5. The first-order valence-electron chi connectivity index (χ1n) is 6.45. The highest BCUT2D eigenvalue weighted by Crippen LogP contribution is 2.28. The standard InChI is InChI=1S/C15H19N3O2/c1-4-18-10-11(16)9-13(18)15(19)17(2)12-7-5-6-8-14(12)20-3/h5-10H,4,16H2,1-3H3. The van der Waals surface area contributed by atoms with Crippen molar-refractivity contribution in [1.29, 1.82) is 0 Å². The van der Waals surface area contributed by atoms with Crippen LogP contribution in [0, 0.1) is 0 Å². The van der Waals surface area contributed by atoms with Crippen LogP contribution in [0.2, 0.25) is 0 Å². The summed E-state index contributed by atoms with van der Waals surface area (Å²) in [6, 6.07) is 9.10. The van der Waals surface area contributed by atoms with Crippen LogP contribution >= 0.6 is 0 Å². The molecule has 2 N–H and O–H groups in total. The van der Waals surface area contributed by atoms with Gasteiger partial charge in [-0.1, -0.05) is 12.1 Å². The molecule has 106 valence electrons. The van der Waals surface area contributed by atoms with E-state index in [2.05, 4.69) is 0 Å². The van der Waals surface area contributed by atoms with E-state index in [1.165, 1.54) is 0 Å². The summed E-state index contributed by atoms with van der Waals surface area (Å²) in [4.78, 5) is 14.2. The molecule has 0 bridgehead atoms. The predicted octanol–water partition coefficient (Wildman–Crippen LogP) is 2.38. The summed E-state index contributed by atoms with van der Waals surface area (Å²) < 4.78 is 7.13. The van der Waals surface area contributed by atoms with Gasteiger partial charge in [-0.15, -0.1) is 0 Å². The van der Waals surface area contributed by atoms with Crippen LogP contribution in [0.1, 0.15) is 17.4 Å². The topological polar surface area (TPSA) is 60.5 Å². The van der Waals surface area contributed by atoms with Crippen LogP contribution in [0.15, 0.2) is 36.5 Å². The number of para-hydroxylation sites is 2. The summed E-state index contributed by atoms with van der Waals surface area (Å²) in [6.07, 6.45) is 1.77. The molecule has 1 heterocycles. The summed E-state index contributed by atoms with van der Waals surface area (Å²) >= 11 is 0. The van der Waals surface area contributed by atoms with Gasteiger partial charge in [0.1, 0.15) is 11.4 Å². The van der Waals surface area contributed by atoms with Crippen molar-refractivity contribution < 1.29 is 9.53 Å². The minimum absolute atomic E-state index is 0.118. The van der Waals surface area contributed by atoms with E-state index in [1.807, 2.05) is 35.8 Å². The van der Waals surface area contributed by atoms with E-state index in [-0.39, 0.29) is 5.91 Å².